The Morgan fingerprint density at radius 2 is 2.11 bits per heavy atom. The zero-order valence-corrected chi connectivity index (χ0v) is 12.0. The summed E-state index contributed by atoms with van der Waals surface area (Å²) in [6, 6.07) is 6.40. The Hall–Kier alpha value is -1.06. The zero-order valence-electron chi connectivity index (χ0n) is 11.3. The van der Waals surface area contributed by atoms with Gasteiger partial charge in [0.1, 0.15) is 5.82 Å². The highest BCUT2D eigenvalue weighted by atomic mass is 35.5. The van der Waals surface area contributed by atoms with Crippen LogP contribution in [-0.4, -0.2) is 41.0 Å². The molecule has 4 heteroatoms. The largest absolute Gasteiger partial charge is 0.327 e. The molecule has 1 aromatic heterocycles. The van der Waals surface area contributed by atoms with E-state index in [0.717, 1.165) is 30.9 Å². The van der Waals surface area contributed by atoms with Gasteiger partial charge in [-0.2, -0.15) is 0 Å². The molecule has 0 aliphatic rings. The average Bonchev–Trinajstić information content (AvgIpc) is 2.64. The maximum atomic E-state index is 5.87. The molecule has 0 radical (unpaired) electrons. The number of alkyl halides is 1. The molecule has 2 rings (SSSR count). The van der Waals surface area contributed by atoms with Crippen LogP contribution in [0.5, 0.6) is 0 Å². The lowest BCUT2D eigenvalue weighted by molar-refractivity contribution is 0.383. The van der Waals surface area contributed by atoms with Crippen LogP contribution in [0.2, 0.25) is 0 Å². The maximum absolute atomic E-state index is 5.87. The molecular formula is C14H20ClN3. The molecule has 0 aliphatic carbocycles. The smallest absolute Gasteiger partial charge is 0.111 e. The standard InChI is InChI=1S/C14H20ClN3/c1-11-4-5-12-13(10-11)18(9-8-17(2)3)14(16-12)6-7-15/h4-5,10H,6-9H2,1-3H3. The van der Waals surface area contributed by atoms with Crippen LogP contribution in [0.15, 0.2) is 18.2 Å². The van der Waals surface area contributed by atoms with Crippen molar-refractivity contribution < 1.29 is 0 Å². The molecule has 0 bridgehead atoms. The minimum absolute atomic E-state index is 0.615. The molecule has 0 spiro atoms. The van der Waals surface area contributed by atoms with Gasteiger partial charge in [0.25, 0.3) is 0 Å². The van der Waals surface area contributed by atoms with Gasteiger partial charge < -0.3 is 9.47 Å². The third-order valence-corrected chi connectivity index (χ3v) is 3.26. The molecule has 0 unspecified atom stereocenters. The minimum Gasteiger partial charge on any atom is -0.327 e. The monoisotopic (exact) mass is 265 g/mol. The van der Waals surface area contributed by atoms with Crippen molar-refractivity contribution in [3.63, 3.8) is 0 Å². The summed E-state index contributed by atoms with van der Waals surface area (Å²) in [6.45, 7) is 4.08. The number of benzene rings is 1. The number of rotatable bonds is 5. The lowest BCUT2D eigenvalue weighted by Gasteiger charge is -2.13. The Kier molecular flexibility index (Phi) is 4.25. The second-order valence-corrected chi connectivity index (χ2v) is 5.29. The maximum Gasteiger partial charge on any atom is 0.111 e. The Balaban J connectivity index is 2.43. The first-order chi connectivity index (χ1) is 8.61. The van der Waals surface area contributed by atoms with Crippen molar-refractivity contribution in [1.82, 2.24) is 14.5 Å². The lowest BCUT2D eigenvalue weighted by atomic mass is 10.2. The van der Waals surface area contributed by atoms with E-state index in [1.165, 1.54) is 11.1 Å². The Labute approximate surface area is 113 Å². The fourth-order valence-electron chi connectivity index (χ4n) is 2.11. The van der Waals surface area contributed by atoms with Crippen molar-refractivity contribution in [2.24, 2.45) is 0 Å². The van der Waals surface area contributed by atoms with Gasteiger partial charge in [-0.25, -0.2) is 4.98 Å². The van der Waals surface area contributed by atoms with Crippen LogP contribution in [0.4, 0.5) is 0 Å². The first kappa shape index (κ1) is 13.4. The summed E-state index contributed by atoms with van der Waals surface area (Å²) in [6.07, 6.45) is 0.822. The second kappa shape index (κ2) is 5.72. The molecule has 0 atom stereocenters. The van der Waals surface area contributed by atoms with E-state index in [9.17, 15) is 0 Å². The van der Waals surface area contributed by atoms with E-state index in [1.54, 1.807) is 0 Å². The van der Waals surface area contributed by atoms with Gasteiger partial charge in [-0.05, 0) is 38.7 Å². The predicted molar refractivity (Wildman–Crippen MR) is 77.4 cm³/mol. The highest BCUT2D eigenvalue weighted by Crippen LogP contribution is 2.18. The molecule has 98 valence electrons. The van der Waals surface area contributed by atoms with E-state index in [0.29, 0.717) is 5.88 Å². The third kappa shape index (κ3) is 2.85. The molecule has 0 N–H and O–H groups in total. The number of nitrogens with zero attached hydrogens (tertiary/aromatic N) is 3. The Bertz CT molecular complexity index is 531. The SMILES string of the molecule is Cc1ccc2nc(CCCl)n(CCN(C)C)c2c1. The quantitative estimate of drug-likeness (QED) is 0.775. The fraction of sp³-hybridized carbons (Fsp3) is 0.500. The van der Waals surface area contributed by atoms with E-state index < -0.39 is 0 Å². The summed E-state index contributed by atoms with van der Waals surface area (Å²) < 4.78 is 2.30. The van der Waals surface area contributed by atoms with Crippen LogP contribution >= 0.6 is 11.6 Å². The number of imidazole rings is 1. The van der Waals surface area contributed by atoms with Crippen LogP contribution in [0, 0.1) is 6.92 Å². The summed E-state index contributed by atoms with van der Waals surface area (Å²) >= 11 is 5.87. The van der Waals surface area contributed by atoms with Crippen molar-refractivity contribution >= 4 is 22.6 Å². The van der Waals surface area contributed by atoms with Gasteiger partial charge in [0, 0.05) is 25.4 Å². The van der Waals surface area contributed by atoms with Crippen molar-refractivity contribution in [3.05, 3.63) is 29.6 Å². The number of aryl methyl sites for hydroxylation is 2. The molecule has 0 saturated carbocycles. The van der Waals surface area contributed by atoms with E-state index >= 15 is 0 Å². The molecular weight excluding hydrogens is 246 g/mol. The molecule has 0 saturated heterocycles. The van der Waals surface area contributed by atoms with Gasteiger partial charge in [0.15, 0.2) is 0 Å². The highest BCUT2D eigenvalue weighted by molar-refractivity contribution is 6.17. The summed E-state index contributed by atoms with van der Waals surface area (Å²) in [5.74, 6) is 1.71. The van der Waals surface area contributed by atoms with Gasteiger partial charge >= 0.3 is 0 Å². The molecule has 18 heavy (non-hydrogen) atoms. The molecule has 1 heterocycles. The van der Waals surface area contributed by atoms with E-state index in [4.69, 9.17) is 11.6 Å². The molecule has 1 aromatic carbocycles. The number of fused-ring (bicyclic) bond motifs is 1. The van der Waals surface area contributed by atoms with Crippen molar-refractivity contribution in [2.75, 3.05) is 26.5 Å². The van der Waals surface area contributed by atoms with Crippen molar-refractivity contribution in [3.8, 4) is 0 Å². The lowest BCUT2D eigenvalue weighted by Crippen LogP contribution is -2.19. The average molecular weight is 266 g/mol. The molecule has 0 amide bonds. The normalized spacial score (nSPS) is 11.6. The van der Waals surface area contributed by atoms with Gasteiger partial charge in [-0.1, -0.05) is 6.07 Å². The van der Waals surface area contributed by atoms with E-state index in [-0.39, 0.29) is 0 Å². The summed E-state index contributed by atoms with van der Waals surface area (Å²) in [5.41, 5.74) is 3.56. The van der Waals surface area contributed by atoms with Crippen LogP contribution < -0.4 is 0 Å². The van der Waals surface area contributed by atoms with Gasteiger partial charge in [0.05, 0.1) is 11.0 Å². The number of aromatic nitrogens is 2. The van der Waals surface area contributed by atoms with E-state index in [1.807, 2.05) is 0 Å². The number of hydrogen-bond donors (Lipinski definition) is 0. The first-order valence-electron chi connectivity index (χ1n) is 6.28. The van der Waals surface area contributed by atoms with Crippen molar-refractivity contribution in [1.29, 1.82) is 0 Å². The van der Waals surface area contributed by atoms with Crippen LogP contribution in [0.3, 0.4) is 0 Å². The first-order valence-corrected chi connectivity index (χ1v) is 6.81. The minimum atomic E-state index is 0.615. The highest BCUT2D eigenvalue weighted by Gasteiger charge is 2.10. The number of halogens is 1. The van der Waals surface area contributed by atoms with E-state index in [2.05, 4.69) is 53.7 Å². The molecule has 3 nitrogen and oxygen atoms in total. The summed E-state index contributed by atoms with van der Waals surface area (Å²) in [4.78, 5) is 6.87. The molecule has 0 fully saturated rings. The fourth-order valence-corrected chi connectivity index (χ4v) is 2.28. The second-order valence-electron chi connectivity index (χ2n) is 4.91. The Morgan fingerprint density at radius 3 is 2.78 bits per heavy atom. The summed E-state index contributed by atoms with van der Waals surface area (Å²) in [7, 11) is 4.18. The third-order valence-electron chi connectivity index (χ3n) is 3.07. The zero-order chi connectivity index (χ0) is 13.1. The van der Waals surface area contributed by atoms with Crippen LogP contribution in [-0.2, 0) is 13.0 Å². The Morgan fingerprint density at radius 1 is 1.33 bits per heavy atom. The molecule has 0 aliphatic heterocycles. The topological polar surface area (TPSA) is 21.1 Å². The van der Waals surface area contributed by atoms with Crippen LogP contribution in [0.25, 0.3) is 11.0 Å². The number of hydrogen-bond acceptors (Lipinski definition) is 2. The van der Waals surface area contributed by atoms with Gasteiger partial charge in [0.2, 0.25) is 0 Å². The van der Waals surface area contributed by atoms with Crippen LogP contribution in [0.1, 0.15) is 11.4 Å². The summed E-state index contributed by atoms with van der Waals surface area (Å²) in [5, 5.41) is 0. The predicted octanol–water partition coefficient (Wildman–Crippen LogP) is 2.69. The van der Waals surface area contributed by atoms with Gasteiger partial charge in [-0.15, -0.1) is 11.6 Å². The number of likely N-dealkylation sites (N-methyl/N-ethyl adjacent to an activating group) is 1. The van der Waals surface area contributed by atoms with Crippen molar-refractivity contribution in [2.45, 2.75) is 19.9 Å². The molecule has 2 aromatic rings. The van der Waals surface area contributed by atoms with Gasteiger partial charge in [-0.3, -0.25) is 0 Å².